The predicted octanol–water partition coefficient (Wildman–Crippen LogP) is 1.38. The molecule has 0 bridgehead atoms. The number of carbonyl (C=O) groups excluding carboxylic acids is 1. The summed E-state index contributed by atoms with van der Waals surface area (Å²) >= 11 is 0. The Hall–Kier alpha value is -2.09. The molecule has 1 amide bonds. The smallest absolute Gasteiger partial charge is 0.475 e. The van der Waals surface area contributed by atoms with Crippen molar-refractivity contribution in [3.63, 3.8) is 0 Å². The van der Waals surface area contributed by atoms with E-state index in [1.807, 2.05) is 30.3 Å². The molecule has 0 saturated carbocycles. The van der Waals surface area contributed by atoms with Gasteiger partial charge in [0.05, 0.1) is 5.54 Å². The minimum Gasteiger partial charge on any atom is -0.475 e. The Morgan fingerprint density at radius 1 is 1.33 bits per heavy atom. The molecule has 1 fully saturated rings. The number of carboxylic acid groups (broad SMARTS) is 1. The normalized spacial score (nSPS) is 21.2. The maximum atomic E-state index is 11.2. The summed E-state index contributed by atoms with van der Waals surface area (Å²) in [6.07, 6.45) is -3.71. The summed E-state index contributed by atoms with van der Waals surface area (Å²) in [6, 6.07) is 9.93. The number of alkyl halides is 3. The molecule has 8 heteroatoms. The van der Waals surface area contributed by atoms with E-state index in [-0.39, 0.29) is 11.4 Å². The third kappa shape index (κ3) is 4.45. The average Bonchev–Trinajstić information content (AvgIpc) is 2.82. The summed E-state index contributed by atoms with van der Waals surface area (Å²) in [6.45, 7) is 0.461. The van der Waals surface area contributed by atoms with E-state index in [1.165, 1.54) is 0 Å². The molecule has 21 heavy (non-hydrogen) atoms. The van der Waals surface area contributed by atoms with Gasteiger partial charge in [-0.1, -0.05) is 30.3 Å². The summed E-state index contributed by atoms with van der Waals surface area (Å²) in [5.41, 5.74) is 6.53. The quantitative estimate of drug-likeness (QED) is 0.769. The highest BCUT2D eigenvalue weighted by Crippen LogP contribution is 2.29. The van der Waals surface area contributed by atoms with Crippen LogP contribution >= 0.6 is 0 Å². The molecule has 1 aromatic rings. The Balaban J connectivity index is 0.000000270. The zero-order valence-corrected chi connectivity index (χ0v) is 11.0. The molecule has 1 heterocycles. The number of carbonyl (C=O) groups is 2. The number of rotatable bonds is 2. The minimum atomic E-state index is -5.08. The highest BCUT2D eigenvalue weighted by Gasteiger charge is 2.38. The van der Waals surface area contributed by atoms with Crippen molar-refractivity contribution in [3.05, 3.63) is 35.9 Å². The first-order valence-electron chi connectivity index (χ1n) is 6.08. The number of hydrogen-bond acceptors (Lipinski definition) is 3. The van der Waals surface area contributed by atoms with Gasteiger partial charge in [-0.05, 0) is 12.0 Å². The van der Waals surface area contributed by atoms with Crippen LogP contribution in [0.1, 0.15) is 18.4 Å². The van der Waals surface area contributed by atoms with E-state index in [9.17, 15) is 18.0 Å². The third-order valence-corrected chi connectivity index (χ3v) is 3.07. The van der Waals surface area contributed by atoms with Gasteiger partial charge in [0, 0.05) is 13.0 Å². The lowest BCUT2D eigenvalue weighted by atomic mass is 9.89. The van der Waals surface area contributed by atoms with E-state index < -0.39 is 12.1 Å². The van der Waals surface area contributed by atoms with Gasteiger partial charge < -0.3 is 16.2 Å². The van der Waals surface area contributed by atoms with Crippen molar-refractivity contribution in [2.45, 2.75) is 24.6 Å². The molecular weight excluding hydrogens is 289 g/mol. The van der Waals surface area contributed by atoms with Crippen LogP contribution < -0.4 is 11.1 Å². The predicted molar refractivity (Wildman–Crippen MR) is 68.2 cm³/mol. The standard InChI is InChI=1S/C11H14N2O.C2HF3O2/c12-8-11(7-6-10(14)13-11)9-4-2-1-3-5-9;3-2(4,5)1(6)7/h1-5H,6-8,12H2,(H,13,14);(H,6,7). The Kier molecular flexibility index (Phi) is 5.31. The molecule has 0 radical (unpaired) electrons. The Morgan fingerprint density at radius 3 is 2.19 bits per heavy atom. The van der Waals surface area contributed by atoms with Gasteiger partial charge >= 0.3 is 12.1 Å². The average molecular weight is 304 g/mol. The summed E-state index contributed by atoms with van der Waals surface area (Å²) in [7, 11) is 0. The summed E-state index contributed by atoms with van der Waals surface area (Å²) in [5, 5.41) is 10.1. The Bertz CT molecular complexity index is 505. The highest BCUT2D eigenvalue weighted by atomic mass is 19.4. The van der Waals surface area contributed by atoms with Gasteiger partial charge in [-0.2, -0.15) is 13.2 Å². The van der Waals surface area contributed by atoms with Gasteiger partial charge in [-0.15, -0.1) is 0 Å². The van der Waals surface area contributed by atoms with E-state index in [0.29, 0.717) is 13.0 Å². The van der Waals surface area contributed by atoms with Crippen molar-refractivity contribution in [1.82, 2.24) is 5.32 Å². The van der Waals surface area contributed by atoms with Crippen molar-refractivity contribution < 1.29 is 27.9 Å². The van der Waals surface area contributed by atoms with Crippen LogP contribution in [-0.4, -0.2) is 29.7 Å². The van der Waals surface area contributed by atoms with E-state index in [2.05, 4.69) is 5.32 Å². The van der Waals surface area contributed by atoms with Crippen molar-refractivity contribution in [2.75, 3.05) is 6.54 Å². The lowest BCUT2D eigenvalue weighted by Crippen LogP contribution is -2.45. The molecule has 5 nitrogen and oxygen atoms in total. The van der Waals surface area contributed by atoms with Gasteiger partial charge in [0.25, 0.3) is 0 Å². The van der Waals surface area contributed by atoms with Gasteiger partial charge in [0.2, 0.25) is 5.91 Å². The van der Waals surface area contributed by atoms with E-state index in [1.54, 1.807) is 0 Å². The van der Waals surface area contributed by atoms with Crippen LogP contribution in [0, 0.1) is 0 Å². The van der Waals surface area contributed by atoms with E-state index >= 15 is 0 Å². The van der Waals surface area contributed by atoms with Crippen molar-refractivity contribution in [1.29, 1.82) is 0 Å². The van der Waals surface area contributed by atoms with Gasteiger partial charge in [-0.3, -0.25) is 4.79 Å². The first kappa shape index (κ1) is 17.0. The molecule has 2 rings (SSSR count). The fourth-order valence-corrected chi connectivity index (χ4v) is 1.96. The molecular formula is C13H15F3N2O3. The maximum Gasteiger partial charge on any atom is 0.490 e. The second kappa shape index (κ2) is 6.57. The van der Waals surface area contributed by atoms with Crippen molar-refractivity contribution >= 4 is 11.9 Å². The first-order valence-corrected chi connectivity index (χ1v) is 6.08. The number of benzene rings is 1. The molecule has 0 spiro atoms. The number of halogens is 3. The largest absolute Gasteiger partial charge is 0.490 e. The monoisotopic (exact) mass is 304 g/mol. The molecule has 1 saturated heterocycles. The van der Waals surface area contributed by atoms with Crippen LogP contribution in [0.25, 0.3) is 0 Å². The third-order valence-electron chi connectivity index (χ3n) is 3.07. The lowest BCUT2D eigenvalue weighted by Gasteiger charge is -2.27. The molecule has 0 aliphatic carbocycles. The lowest BCUT2D eigenvalue weighted by molar-refractivity contribution is -0.192. The van der Waals surface area contributed by atoms with Crippen LogP contribution in [0.5, 0.6) is 0 Å². The molecule has 1 aliphatic heterocycles. The highest BCUT2D eigenvalue weighted by molar-refractivity contribution is 5.79. The van der Waals surface area contributed by atoms with Gasteiger partial charge in [0.1, 0.15) is 0 Å². The number of nitrogens with one attached hydrogen (secondary N) is 1. The van der Waals surface area contributed by atoms with Crippen LogP contribution in [0.3, 0.4) is 0 Å². The molecule has 1 unspecified atom stereocenters. The van der Waals surface area contributed by atoms with Crippen molar-refractivity contribution in [2.24, 2.45) is 5.73 Å². The second-order valence-corrected chi connectivity index (χ2v) is 4.50. The molecule has 1 atom stereocenters. The molecule has 1 aromatic carbocycles. The number of aliphatic carboxylic acids is 1. The zero-order valence-electron chi connectivity index (χ0n) is 11.0. The zero-order chi connectivity index (χ0) is 16.1. The fraction of sp³-hybridized carbons (Fsp3) is 0.385. The molecule has 1 aliphatic rings. The van der Waals surface area contributed by atoms with Crippen LogP contribution in [0.15, 0.2) is 30.3 Å². The van der Waals surface area contributed by atoms with Crippen molar-refractivity contribution in [3.8, 4) is 0 Å². The number of amides is 1. The maximum absolute atomic E-state index is 11.2. The van der Waals surface area contributed by atoms with Crippen LogP contribution in [0.4, 0.5) is 13.2 Å². The van der Waals surface area contributed by atoms with Crippen LogP contribution in [0.2, 0.25) is 0 Å². The number of nitrogens with two attached hydrogens (primary N) is 1. The first-order chi connectivity index (χ1) is 9.71. The molecule has 4 N–H and O–H groups in total. The summed E-state index contributed by atoms with van der Waals surface area (Å²) < 4.78 is 31.7. The van der Waals surface area contributed by atoms with E-state index in [4.69, 9.17) is 15.6 Å². The fourth-order valence-electron chi connectivity index (χ4n) is 1.96. The topological polar surface area (TPSA) is 92.4 Å². The van der Waals surface area contributed by atoms with Crippen LogP contribution in [-0.2, 0) is 15.1 Å². The molecule has 116 valence electrons. The number of carboxylic acids is 1. The summed E-state index contributed by atoms with van der Waals surface area (Å²) in [4.78, 5) is 20.1. The SMILES string of the molecule is NCC1(c2ccccc2)CCC(=O)N1.O=C(O)C(F)(F)F. The Labute approximate surface area is 118 Å². The van der Waals surface area contributed by atoms with E-state index in [0.717, 1.165) is 12.0 Å². The molecule has 0 aromatic heterocycles. The second-order valence-electron chi connectivity index (χ2n) is 4.50. The van der Waals surface area contributed by atoms with Gasteiger partial charge in [-0.25, -0.2) is 4.79 Å². The Morgan fingerprint density at radius 2 is 1.86 bits per heavy atom. The minimum absolute atomic E-state index is 0.0966. The van der Waals surface area contributed by atoms with Gasteiger partial charge in [0.15, 0.2) is 0 Å². The summed E-state index contributed by atoms with van der Waals surface area (Å²) in [5.74, 6) is -2.66. The number of hydrogen-bond donors (Lipinski definition) is 3.